The van der Waals surface area contributed by atoms with Crippen LogP contribution in [0.4, 0.5) is 13.2 Å². The largest absolute Gasteiger partial charge is 0.352 e. The standard InChI is InChI=1S/C29H29F3O2/c1-3-5-6-7-27-33-17-23(18-34-27)22-13-14-24(26(30)16-22)20-8-10-21(11-9-20)25-15-12-19(4-2)28(31)29(25)32/h3,5,8-16,23,27H,4,6-7,17-18H2,1-2H3. The summed E-state index contributed by atoms with van der Waals surface area (Å²) in [7, 11) is 0. The quantitative estimate of drug-likeness (QED) is 0.331. The molecule has 0 bridgehead atoms. The minimum atomic E-state index is -0.858. The summed E-state index contributed by atoms with van der Waals surface area (Å²) in [4.78, 5) is 0. The van der Waals surface area contributed by atoms with Gasteiger partial charge in [0.2, 0.25) is 0 Å². The molecule has 0 aromatic heterocycles. The maximum absolute atomic E-state index is 15.0. The van der Waals surface area contributed by atoms with Crippen molar-refractivity contribution in [3.05, 3.63) is 95.3 Å². The Kier molecular flexibility index (Phi) is 7.86. The van der Waals surface area contributed by atoms with Crippen LogP contribution in [0, 0.1) is 17.5 Å². The van der Waals surface area contributed by atoms with Crippen LogP contribution in [-0.4, -0.2) is 19.5 Å². The van der Waals surface area contributed by atoms with Crippen LogP contribution in [0.3, 0.4) is 0 Å². The van der Waals surface area contributed by atoms with Crippen LogP contribution in [0.15, 0.2) is 66.7 Å². The van der Waals surface area contributed by atoms with Crippen molar-refractivity contribution in [2.24, 2.45) is 0 Å². The van der Waals surface area contributed by atoms with Gasteiger partial charge in [0.1, 0.15) is 5.82 Å². The van der Waals surface area contributed by atoms with Gasteiger partial charge in [-0.05, 0) is 48.1 Å². The fourth-order valence-corrected chi connectivity index (χ4v) is 4.24. The maximum atomic E-state index is 15.0. The Bertz CT molecular complexity index is 1150. The molecule has 1 heterocycles. The Labute approximate surface area is 199 Å². The molecule has 4 rings (SSSR count). The number of ether oxygens (including phenoxy) is 2. The molecule has 0 aliphatic carbocycles. The van der Waals surface area contributed by atoms with Crippen LogP contribution in [0.25, 0.3) is 22.3 Å². The molecule has 1 aliphatic rings. The van der Waals surface area contributed by atoms with E-state index >= 15 is 0 Å². The highest BCUT2D eigenvalue weighted by molar-refractivity contribution is 5.71. The smallest absolute Gasteiger partial charge is 0.166 e. The first kappa shape index (κ1) is 24.2. The number of hydrogen-bond acceptors (Lipinski definition) is 2. The number of aryl methyl sites for hydroxylation is 1. The molecular weight excluding hydrogens is 437 g/mol. The lowest BCUT2D eigenvalue weighted by atomic mass is 9.95. The average molecular weight is 467 g/mol. The van der Waals surface area contributed by atoms with Gasteiger partial charge in [-0.1, -0.05) is 67.6 Å². The monoisotopic (exact) mass is 466 g/mol. The van der Waals surface area contributed by atoms with E-state index in [0.717, 1.165) is 18.4 Å². The number of hydrogen-bond donors (Lipinski definition) is 0. The van der Waals surface area contributed by atoms with Crippen molar-refractivity contribution >= 4 is 0 Å². The lowest BCUT2D eigenvalue weighted by molar-refractivity contribution is -0.189. The third-order valence-electron chi connectivity index (χ3n) is 6.29. The van der Waals surface area contributed by atoms with Gasteiger partial charge in [-0.25, -0.2) is 13.2 Å². The molecule has 0 radical (unpaired) electrons. The van der Waals surface area contributed by atoms with Crippen molar-refractivity contribution in [1.29, 1.82) is 0 Å². The molecule has 34 heavy (non-hydrogen) atoms. The molecule has 1 fully saturated rings. The third-order valence-corrected chi connectivity index (χ3v) is 6.29. The van der Waals surface area contributed by atoms with Crippen LogP contribution in [0.1, 0.15) is 43.7 Å². The zero-order valence-corrected chi connectivity index (χ0v) is 19.5. The van der Waals surface area contributed by atoms with Gasteiger partial charge in [-0.3, -0.25) is 0 Å². The van der Waals surface area contributed by atoms with Crippen molar-refractivity contribution < 1.29 is 22.6 Å². The minimum Gasteiger partial charge on any atom is -0.352 e. The van der Waals surface area contributed by atoms with Gasteiger partial charge >= 0.3 is 0 Å². The Morgan fingerprint density at radius 1 is 0.853 bits per heavy atom. The highest BCUT2D eigenvalue weighted by Crippen LogP contribution is 2.32. The van der Waals surface area contributed by atoms with Crippen molar-refractivity contribution in [2.45, 2.75) is 45.3 Å². The molecule has 5 heteroatoms. The highest BCUT2D eigenvalue weighted by Gasteiger charge is 2.24. The van der Waals surface area contributed by atoms with Gasteiger partial charge in [-0.15, -0.1) is 0 Å². The second-order valence-corrected chi connectivity index (χ2v) is 8.51. The zero-order valence-electron chi connectivity index (χ0n) is 19.5. The van der Waals surface area contributed by atoms with E-state index in [9.17, 15) is 13.2 Å². The van der Waals surface area contributed by atoms with Crippen LogP contribution in [0.2, 0.25) is 0 Å². The molecule has 1 aliphatic heterocycles. The first-order valence-electron chi connectivity index (χ1n) is 11.7. The van der Waals surface area contributed by atoms with Crippen molar-refractivity contribution in [2.75, 3.05) is 13.2 Å². The predicted octanol–water partition coefficient (Wildman–Crippen LogP) is 7.81. The van der Waals surface area contributed by atoms with Crippen LogP contribution in [0.5, 0.6) is 0 Å². The number of benzene rings is 3. The average Bonchev–Trinajstić information content (AvgIpc) is 2.86. The number of rotatable bonds is 7. The van der Waals surface area contributed by atoms with E-state index < -0.39 is 11.6 Å². The third kappa shape index (κ3) is 5.26. The first-order chi connectivity index (χ1) is 16.5. The fourth-order valence-electron chi connectivity index (χ4n) is 4.24. The Morgan fingerprint density at radius 2 is 1.50 bits per heavy atom. The van der Waals surface area contributed by atoms with E-state index in [0.29, 0.717) is 41.9 Å². The summed E-state index contributed by atoms with van der Waals surface area (Å²) in [5.74, 6) is -2.04. The lowest BCUT2D eigenvalue weighted by Crippen LogP contribution is -2.30. The molecule has 0 atom stereocenters. The molecule has 1 saturated heterocycles. The molecule has 3 aromatic carbocycles. The van der Waals surface area contributed by atoms with Crippen molar-refractivity contribution in [3.63, 3.8) is 0 Å². The Hall–Kier alpha value is -2.89. The summed E-state index contributed by atoms with van der Waals surface area (Å²) in [5, 5.41) is 0. The molecule has 0 N–H and O–H groups in total. The molecule has 3 aromatic rings. The summed E-state index contributed by atoms with van der Waals surface area (Å²) in [6.45, 7) is 4.75. The first-order valence-corrected chi connectivity index (χ1v) is 11.7. The normalized spacial score (nSPS) is 18.5. The number of allylic oxidation sites excluding steroid dienone is 2. The van der Waals surface area contributed by atoms with Gasteiger partial charge in [0.15, 0.2) is 17.9 Å². The molecule has 0 saturated carbocycles. The SMILES string of the molecule is CC=CCCC1OCC(c2ccc(-c3ccc(-c4ccc(CC)c(F)c4F)cc3)c(F)c2)CO1. The second kappa shape index (κ2) is 11.0. The molecular formula is C29H29F3O2. The van der Waals surface area contributed by atoms with E-state index in [2.05, 4.69) is 6.08 Å². The highest BCUT2D eigenvalue weighted by atomic mass is 19.2. The van der Waals surface area contributed by atoms with Crippen molar-refractivity contribution in [1.82, 2.24) is 0 Å². The van der Waals surface area contributed by atoms with Gasteiger partial charge in [0.25, 0.3) is 0 Å². The summed E-state index contributed by atoms with van der Waals surface area (Å²) < 4.78 is 55.3. The van der Waals surface area contributed by atoms with E-state index in [4.69, 9.17) is 9.47 Å². The lowest BCUT2D eigenvalue weighted by Gasteiger charge is -2.29. The molecule has 2 nitrogen and oxygen atoms in total. The predicted molar refractivity (Wildman–Crippen MR) is 129 cm³/mol. The van der Waals surface area contributed by atoms with Gasteiger partial charge in [0.05, 0.1) is 13.2 Å². The van der Waals surface area contributed by atoms with Gasteiger partial charge in [0, 0.05) is 23.5 Å². The topological polar surface area (TPSA) is 18.5 Å². The summed E-state index contributed by atoms with van der Waals surface area (Å²) in [6, 6.07) is 15.2. The molecule has 0 unspecified atom stereocenters. The van der Waals surface area contributed by atoms with Crippen molar-refractivity contribution in [3.8, 4) is 22.3 Å². The summed E-state index contributed by atoms with van der Waals surface area (Å²) in [5.41, 5.74) is 3.03. The van der Waals surface area contributed by atoms with Gasteiger partial charge in [-0.2, -0.15) is 0 Å². The molecule has 0 amide bonds. The van der Waals surface area contributed by atoms with E-state index in [1.165, 1.54) is 6.07 Å². The Balaban J connectivity index is 1.46. The van der Waals surface area contributed by atoms with E-state index in [1.807, 2.05) is 19.1 Å². The zero-order chi connectivity index (χ0) is 24.1. The fraction of sp³-hybridized carbons (Fsp3) is 0.310. The van der Waals surface area contributed by atoms with Gasteiger partial charge < -0.3 is 9.47 Å². The van der Waals surface area contributed by atoms with Crippen LogP contribution in [-0.2, 0) is 15.9 Å². The Morgan fingerprint density at radius 3 is 2.12 bits per heavy atom. The maximum Gasteiger partial charge on any atom is 0.166 e. The van der Waals surface area contributed by atoms with E-state index in [1.54, 1.807) is 49.4 Å². The minimum absolute atomic E-state index is 0.0205. The number of halogens is 3. The summed E-state index contributed by atoms with van der Waals surface area (Å²) >= 11 is 0. The molecule has 178 valence electrons. The second-order valence-electron chi connectivity index (χ2n) is 8.51. The summed E-state index contributed by atoms with van der Waals surface area (Å²) in [6.07, 6.45) is 6.00. The van der Waals surface area contributed by atoms with Crippen LogP contribution < -0.4 is 0 Å². The molecule has 0 spiro atoms. The van der Waals surface area contributed by atoms with E-state index in [-0.39, 0.29) is 23.6 Å². The van der Waals surface area contributed by atoms with Crippen LogP contribution >= 0.6 is 0 Å².